The molecule has 1 amide bonds. The molecule has 0 bridgehead atoms. The van der Waals surface area contributed by atoms with Crippen molar-refractivity contribution < 1.29 is 9.21 Å². The second-order valence-corrected chi connectivity index (χ2v) is 7.36. The maximum absolute atomic E-state index is 12.1. The molecule has 8 heteroatoms. The number of anilines is 1. The summed E-state index contributed by atoms with van der Waals surface area (Å²) in [6.07, 6.45) is 2.80. The van der Waals surface area contributed by atoms with E-state index in [-0.39, 0.29) is 17.7 Å². The number of nitrogens with two attached hydrogens (primary N) is 1. The van der Waals surface area contributed by atoms with Gasteiger partial charge < -0.3 is 15.5 Å². The van der Waals surface area contributed by atoms with Crippen LogP contribution in [-0.4, -0.2) is 33.9 Å². The summed E-state index contributed by atoms with van der Waals surface area (Å²) in [5.74, 6) is 1.44. The van der Waals surface area contributed by atoms with Crippen molar-refractivity contribution in [1.82, 2.24) is 10.2 Å². The van der Waals surface area contributed by atoms with E-state index in [0.29, 0.717) is 11.1 Å². The number of thioether (sulfide) groups is 2. The average molecular weight is 367 g/mol. The van der Waals surface area contributed by atoms with E-state index in [9.17, 15) is 4.79 Å². The largest absolute Gasteiger partial charge is 0.414 e. The summed E-state index contributed by atoms with van der Waals surface area (Å²) in [4.78, 5) is 12.1. The number of nitrogens with one attached hydrogen (secondary N) is 1. The van der Waals surface area contributed by atoms with E-state index >= 15 is 0 Å². The van der Waals surface area contributed by atoms with Crippen LogP contribution in [0, 0.1) is 13.8 Å². The first-order valence-corrected chi connectivity index (χ1v) is 9.95. The van der Waals surface area contributed by atoms with E-state index < -0.39 is 0 Å². The molecule has 2 rings (SSSR count). The summed E-state index contributed by atoms with van der Waals surface area (Å²) in [6, 6.07) is 5.64. The van der Waals surface area contributed by atoms with Crippen LogP contribution in [0.4, 0.5) is 5.69 Å². The van der Waals surface area contributed by atoms with E-state index in [2.05, 4.69) is 15.5 Å². The van der Waals surface area contributed by atoms with Crippen molar-refractivity contribution in [3.05, 3.63) is 35.2 Å². The van der Waals surface area contributed by atoms with Gasteiger partial charge in [-0.1, -0.05) is 29.5 Å². The number of aromatic nitrogens is 2. The molecule has 1 aromatic heterocycles. The second-order valence-electron chi connectivity index (χ2n) is 5.45. The molecule has 1 heterocycles. The van der Waals surface area contributed by atoms with Gasteiger partial charge in [0, 0.05) is 5.69 Å². The zero-order valence-electron chi connectivity index (χ0n) is 14.0. The first kappa shape index (κ1) is 18.8. The lowest BCUT2D eigenvalue weighted by Crippen LogP contribution is -2.14. The molecule has 0 saturated carbocycles. The zero-order valence-corrected chi connectivity index (χ0v) is 15.7. The van der Waals surface area contributed by atoms with Gasteiger partial charge in [0.1, 0.15) is 0 Å². The summed E-state index contributed by atoms with van der Waals surface area (Å²) in [5, 5.41) is 11.1. The van der Waals surface area contributed by atoms with E-state index in [4.69, 9.17) is 10.2 Å². The van der Waals surface area contributed by atoms with Crippen LogP contribution >= 0.6 is 23.5 Å². The third kappa shape index (κ3) is 5.54. The molecule has 6 nitrogen and oxygen atoms in total. The first-order valence-electron chi connectivity index (χ1n) is 7.57. The molecule has 0 radical (unpaired) electrons. The van der Waals surface area contributed by atoms with Gasteiger partial charge in [0.05, 0.1) is 11.8 Å². The van der Waals surface area contributed by atoms with Crippen molar-refractivity contribution in [1.29, 1.82) is 0 Å². The quantitative estimate of drug-likeness (QED) is 0.693. The van der Waals surface area contributed by atoms with Gasteiger partial charge in [0.25, 0.3) is 5.22 Å². The van der Waals surface area contributed by atoms with Crippen LogP contribution < -0.4 is 11.1 Å². The third-order valence-electron chi connectivity index (χ3n) is 3.36. The Labute approximate surface area is 150 Å². The van der Waals surface area contributed by atoms with E-state index in [0.717, 1.165) is 29.0 Å². The lowest BCUT2D eigenvalue weighted by atomic mass is 10.1. The molecule has 130 valence electrons. The van der Waals surface area contributed by atoms with Crippen LogP contribution in [0.5, 0.6) is 0 Å². The van der Waals surface area contributed by atoms with Gasteiger partial charge in [-0.05, 0) is 43.9 Å². The van der Waals surface area contributed by atoms with Crippen molar-refractivity contribution in [2.75, 3.05) is 23.1 Å². The highest BCUT2D eigenvalue weighted by Crippen LogP contribution is 2.22. The molecule has 0 aliphatic carbocycles. The van der Waals surface area contributed by atoms with Gasteiger partial charge in [-0.3, -0.25) is 4.79 Å². The highest BCUT2D eigenvalue weighted by atomic mass is 32.2. The lowest BCUT2D eigenvalue weighted by molar-refractivity contribution is -0.113. The summed E-state index contributed by atoms with van der Waals surface area (Å²) >= 11 is 2.93. The fourth-order valence-corrected chi connectivity index (χ4v) is 3.12. The molecule has 0 aliphatic heterocycles. The monoisotopic (exact) mass is 366 g/mol. The van der Waals surface area contributed by atoms with Gasteiger partial charge in [0.2, 0.25) is 11.8 Å². The zero-order chi connectivity index (χ0) is 17.5. The highest BCUT2D eigenvalue weighted by Gasteiger charge is 2.15. The van der Waals surface area contributed by atoms with Crippen molar-refractivity contribution in [3.8, 4) is 0 Å². The average Bonchev–Trinajstić information content (AvgIpc) is 3.02. The number of aryl methyl sites for hydroxylation is 2. The van der Waals surface area contributed by atoms with Crippen LogP contribution in [0.25, 0.3) is 0 Å². The van der Waals surface area contributed by atoms with Crippen LogP contribution in [0.3, 0.4) is 0 Å². The minimum absolute atomic E-state index is 0.113. The van der Waals surface area contributed by atoms with Gasteiger partial charge in [0.15, 0.2) is 0 Å². The number of amides is 1. The van der Waals surface area contributed by atoms with E-state index in [1.54, 1.807) is 11.8 Å². The lowest BCUT2D eigenvalue weighted by Gasteiger charge is -2.08. The van der Waals surface area contributed by atoms with Crippen molar-refractivity contribution in [2.24, 2.45) is 5.73 Å². The smallest absolute Gasteiger partial charge is 0.277 e. The molecule has 0 spiro atoms. The molecule has 1 aromatic carbocycles. The molecule has 24 heavy (non-hydrogen) atoms. The molecule has 0 aliphatic rings. The van der Waals surface area contributed by atoms with Crippen molar-refractivity contribution in [2.45, 2.75) is 31.5 Å². The standard InChI is InChI=1S/C16H22N4O2S2/c1-10-4-5-13(11(2)8-10)18-14(21)9-24-16-20-19-15(22-16)12(17)6-7-23-3/h4-5,8,12H,6-7,9,17H2,1-3H3,(H,18,21)/t12-/m1/s1. The van der Waals surface area contributed by atoms with Gasteiger partial charge in [-0.25, -0.2) is 0 Å². The molecule has 2 aromatic rings. The minimum Gasteiger partial charge on any atom is -0.414 e. The molecular formula is C16H22N4O2S2. The number of carbonyl (C=O) groups is 1. The Kier molecular flexibility index (Phi) is 7.14. The first-order chi connectivity index (χ1) is 11.5. The third-order valence-corrected chi connectivity index (χ3v) is 4.82. The predicted molar refractivity (Wildman–Crippen MR) is 99.5 cm³/mol. The summed E-state index contributed by atoms with van der Waals surface area (Å²) in [6.45, 7) is 3.99. The minimum atomic E-state index is -0.261. The summed E-state index contributed by atoms with van der Waals surface area (Å²) < 4.78 is 5.51. The second kappa shape index (κ2) is 9.10. The Morgan fingerprint density at radius 2 is 2.17 bits per heavy atom. The number of carbonyl (C=O) groups excluding carboxylic acids is 1. The molecule has 1 atom stereocenters. The van der Waals surface area contributed by atoms with Crippen molar-refractivity contribution in [3.63, 3.8) is 0 Å². The van der Waals surface area contributed by atoms with Crippen LogP contribution in [-0.2, 0) is 4.79 Å². The van der Waals surface area contributed by atoms with Crippen molar-refractivity contribution >= 4 is 35.1 Å². The number of benzene rings is 1. The fourth-order valence-electron chi connectivity index (χ4n) is 2.06. The SMILES string of the molecule is CSCC[C@@H](N)c1nnc(SCC(=O)Nc2ccc(C)cc2C)o1. The Balaban J connectivity index is 1.84. The van der Waals surface area contributed by atoms with Crippen LogP contribution in [0.1, 0.15) is 29.5 Å². The maximum Gasteiger partial charge on any atom is 0.277 e. The topological polar surface area (TPSA) is 94.0 Å². The Hall–Kier alpha value is -1.51. The Morgan fingerprint density at radius 1 is 1.38 bits per heavy atom. The number of nitrogens with zero attached hydrogens (tertiary/aromatic N) is 2. The Bertz CT molecular complexity index is 690. The molecule has 0 unspecified atom stereocenters. The summed E-state index contributed by atoms with van der Waals surface area (Å²) in [5.41, 5.74) is 9.00. The van der Waals surface area contributed by atoms with Gasteiger partial charge in [-0.2, -0.15) is 11.8 Å². The van der Waals surface area contributed by atoms with E-state index in [1.807, 2.05) is 38.3 Å². The number of hydrogen-bond donors (Lipinski definition) is 2. The van der Waals surface area contributed by atoms with Crippen LogP contribution in [0.2, 0.25) is 0 Å². The normalized spacial score (nSPS) is 12.2. The molecular weight excluding hydrogens is 344 g/mol. The molecule has 0 saturated heterocycles. The summed E-state index contributed by atoms with van der Waals surface area (Å²) in [7, 11) is 0. The fraction of sp³-hybridized carbons (Fsp3) is 0.438. The molecule has 0 fully saturated rings. The van der Waals surface area contributed by atoms with Crippen LogP contribution in [0.15, 0.2) is 27.8 Å². The molecule has 3 N–H and O–H groups in total. The maximum atomic E-state index is 12.1. The predicted octanol–water partition coefficient (Wildman–Crippen LogP) is 3.17. The number of hydrogen-bond acceptors (Lipinski definition) is 7. The van der Waals surface area contributed by atoms with Gasteiger partial charge >= 0.3 is 0 Å². The Morgan fingerprint density at radius 3 is 2.88 bits per heavy atom. The van der Waals surface area contributed by atoms with Gasteiger partial charge in [-0.15, -0.1) is 10.2 Å². The van der Waals surface area contributed by atoms with E-state index in [1.165, 1.54) is 11.8 Å². The number of rotatable bonds is 8. The highest BCUT2D eigenvalue weighted by molar-refractivity contribution is 7.99.